The van der Waals surface area contributed by atoms with E-state index in [1.165, 1.54) is 6.92 Å². The van der Waals surface area contributed by atoms with Crippen LogP contribution in [-0.2, 0) is 6.54 Å². The number of aromatic amines is 1. The number of hydrogen-bond acceptors (Lipinski definition) is 5. The molecule has 0 aliphatic carbocycles. The Morgan fingerprint density at radius 1 is 1.33 bits per heavy atom. The molecule has 0 aromatic carbocycles. The summed E-state index contributed by atoms with van der Waals surface area (Å²) in [5.41, 5.74) is 0.193. The molecule has 0 bridgehead atoms. The second kappa shape index (κ2) is 4.17. The quantitative estimate of drug-likeness (QED) is 0.794. The van der Waals surface area contributed by atoms with Gasteiger partial charge in [0.05, 0.1) is 17.8 Å². The molecule has 0 aliphatic rings. The summed E-state index contributed by atoms with van der Waals surface area (Å²) >= 11 is 0. The summed E-state index contributed by atoms with van der Waals surface area (Å²) in [7, 11) is 0. The van der Waals surface area contributed by atoms with Gasteiger partial charge in [-0.25, -0.2) is 4.79 Å². The lowest BCUT2D eigenvalue weighted by Gasteiger charge is -2.08. The minimum Gasteiger partial charge on any atom is -0.494 e. The number of hydrogen-bond donors (Lipinski definition) is 2. The van der Waals surface area contributed by atoms with E-state index in [9.17, 15) is 14.7 Å². The zero-order valence-corrected chi connectivity index (χ0v) is 10.3. The van der Waals surface area contributed by atoms with Crippen molar-refractivity contribution in [2.75, 3.05) is 0 Å². The van der Waals surface area contributed by atoms with Crippen molar-refractivity contribution >= 4 is 0 Å². The van der Waals surface area contributed by atoms with Crippen LogP contribution in [-0.4, -0.2) is 19.8 Å². The number of aromatic hydroxyl groups is 1. The summed E-state index contributed by atoms with van der Waals surface area (Å²) in [5.74, 6) is 0.228. The van der Waals surface area contributed by atoms with Gasteiger partial charge in [-0.05, 0) is 20.8 Å². The van der Waals surface area contributed by atoms with Crippen LogP contribution in [0.1, 0.15) is 22.6 Å². The van der Waals surface area contributed by atoms with E-state index in [1.54, 1.807) is 13.8 Å². The molecule has 0 saturated heterocycles. The van der Waals surface area contributed by atoms with Crippen molar-refractivity contribution in [1.29, 1.82) is 0 Å². The van der Waals surface area contributed by atoms with Crippen molar-refractivity contribution in [3.63, 3.8) is 0 Å². The van der Waals surface area contributed by atoms with Gasteiger partial charge in [0.1, 0.15) is 5.76 Å². The van der Waals surface area contributed by atoms with Crippen LogP contribution in [0.15, 0.2) is 14.1 Å². The number of rotatable bonds is 2. The third kappa shape index (κ3) is 1.83. The summed E-state index contributed by atoms with van der Waals surface area (Å²) < 4.78 is 6.05. The van der Waals surface area contributed by atoms with Gasteiger partial charge in [0.2, 0.25) is 5.88 Å². The number of nitrogens with one attached hydrogen (secondary N) is 1. The molecule has 0 saturated carbocycles. The molecule has 0 aliphatic heterocycles. The summed E-state index contributed by atoms with van der Waals surface area (Å²) in [5, 5.41) is 13.6. The first-order chi connectivity index (χ1) is 8.41. The number of H-pyrrole nitrogens is 1. The SMILES string of the molecule is Cc1noc(C)c1Cn1c(O)c(C)c(=O)[nH]c1=O. The van der Waals surface area contributed by atoms with Crippen LogP contribution in [0.3, 0.4) is 0 Å². The van der Waals surface area contributed by atoms with E-state index in [4.69, 9.17) is 4.52 Å². The van der Waals surface area contributed by atoms with Crippen molar-refractivity contribution in [1.82, 2.24) is 14.7 Å². The number of aryl methyl sites for hydroxylation is 2. The van der Waals surface area contributed by atoms with E-state index in [0.717, 1.165) is 4.57 Å². The number of aromatic nitrogens is 3. The first-order valence-electron chi connectivity index (χ1n) is 5.36. The molecule has 0 radical (unpaired) electrons. The van der Waals surface area contributed by atoms with Crippen LogP contribution >= 0.6 is 0 Å². The van der Waals surface area contributed by atoms with Crippen LogP contribution in [0, 0.1) is 20.8 Å². The Bertz CT molecular complexity index is 689. The van der Waals surface area contributed by atoms with Gasteiger partial charge in [0, 0.05) is 5.56 Å². The summed E-state index contributed by atoms with van der Waals surface area (Å²) in [4.78, 5) is 25.1. The van der Waals surface area contributed by atoms with Gasteiger partial charge >= 0.3 is 5.69 Å². The molecule has 7 nitrogen and oxygen atoms in total. The van der Waals surface area contributed by atoms with Crippen LogP contribution < -0.4 is 11.2 Å². The standard InChI is InChI=1S/C11H13N3O4/c1-5-9(15)12-11(17)14(10(5)16)4-8-6(2)13-18-7(8)3/h16H,4H2,1-3H3,(H,12,15,17). The van der Waals surface area contributed by atoms with Crippen molar-refractivity contribution in [2.24, 2.45) is 0 Å². The van der Waals surface area contributed by atoms with Crippen molar-refractivity contribution in [3.8, 4) is 5.88 Å². The Labute approximate surface area is 102 Å². The molecule has 0 amide bonds. The monoisotopic (exact) mass is 251 g/mol. The molecular weight excluding hydrogens is 238 g/mol. The Morgan fingerprint density at radius 3 is 2.56 bits per heavy atom. The van der Waals surface area contributed by atoms with Crippen molar-refractivity contribution in [2.45, 2.75) is 27.3 Å². The number of nitrogens with zero attached hydrogens (tertiary/aromatic N) is 2. The third-order valence-electron chi connectivity index (χ3n) is 2.89. The van der Waals surface area contributed by atoms with Gasteiger partial charge < -0.3 is 9.63 Å². The van der Waals surface area contributed by atoms with Crippen LogP contribution in [0.25, 0.3) is 0 Å². The zero-order valence-electron chi connectivity index (χ0n) is 10.3. The summed E-state index contributed by atoms with van der Waals surface area (Å²) in [6.45, 7) is 5.00. The average Bonchev–Trinajstić information content (AvgIpc) is 2.62. The first kappa shape index (κ1) is 12.2. The highest BCUT2D eigenvalue weighted by molar-refractivity contribution is 5.25. The van der Waals surface area contributed by atoms with Crippen LogP contribution in [0.4, 0.5) is 0 Å². The molecule has 0 unspecified atom stereocenters. The van der Waals surface area contributed by atoms with Crippen LogP contribution in [0.2, 0.25) is 0 Å². The minimum atomic E-state index is -0.664. The fourth-order valence-electron chi connectivity index (χ4n) is 1.69. The van der Waals surface area contributed by atoms with E-state index in [1.807, 2.05) is 0 Å². The third-order valence-corrected chi connectivity index (χ3v) is 2.89. The predicted molar refractivity (Wildman–Crippen MR) is 62.8 cm³/mol. The van der Waals surface area contributed by atoms with Gasteiger partial charge in [0.25, 0.3) is 5.56 Å². The van der Waals surface area contributed by atoms with Gasteiger partial charge in [-0.2, -0.15) is 0 Å². The average molecular weight is 251 g/mol. The van der Waals surface area contributed by atoms with Crippen LogP contribution in [0.5, 0.6) is 5.88 Å². The van der Waals surface area contributed by atoms with Gasteiger partial charge in [-0.3, -0.25) is 14.3 Å². The lowest BCUT2D eigenvalue weighted by Crippen LogP contribution is -2.31. The van der Waals surface area contributed by atoms with E-state index in [-0.39, 0.29) is 18.0 Å². The molecular formula is C11H13N3O4. The fourth-order valence-corrected chi connectivity index (χ4v) is 1.69. The zero-order chi connectivity index (χ0) is 13.4. The maximum absolute atomic E-state index is 11.7. The molecule has 0 fully saturated rings. The maximum atomic E-state index is 11.7. The molecule has 2 rings (SSSR count). The second-order valence-corrected chi connectivity index (χ2v) is 4.10. The lowest BCUT2D eigenvalue weighted by molar-refractivity contribution is 0.389. The molecule has 2 aromatic heterocycles. The molecule has 2 aromatic rings. The smallest absolute Gasteiger partial charge is 0.331 e. The van der Waals surface area contributed by atoms with Crippen molar-refractivity contribution < 1.29 is 9.63 Å². The van der Waals surface area contributed by atoms with E-state index < -0.39 is 11.2 Å². The van der Waals surface area contributed by atoms with Gasteiger partial charge in [0.15, 0.2) is 0 Å². The van der Waals surface area contributed by atoms with Crippen molar-refractivity contribution in [3.05, 3.63) is 43.4 Å². The Hall–Kier alpha value is -2.31. The van der Waals surface area contributed by atoms with E-state index >= 15 is 0 Å². The van der Waals surface area contributed by atoms with Gasteiger partial charge in [-0.15, -0.1) is 0 Å². The highest BCUT2D eigenvalue weighted by Crippen LogP contribution is 2.16. The largest absolute Gasteiger partial charge is 0.494 e. The highest BCUT2D eigenvalue weighted by Gasteiger charge is 2.15. The lowest BCUT2D eigenvalue weighted by atomic mass is 10.2. The van der Waals surface area contributed by atoms with E-state index in [0.29, 0.717) is 17.0 Å². The Morgan fingerprint density at radius 2 is 2.00 bits per heavy atom. The molecule has 0 atom stereocenters. The molecule has 18 heavy (non-hydrogen) atoms. The highest BCUT2D eigenvalue weighted by atomic mass is 16.5. The Kier molecular flexibility index (Phi) is 2.82. The van der Waals surface area contributed by atoms with Gasteiger partial charge in [-0.1, -0.05) is 5.16 Å². The predicted octanol–water partition coefficient (Wildman–Crippen LogP) is 0.204. The topological polar surface area (TPSA) is 101 Å². The summed E-state index contributed by atoms with van der Waals surface area (Å²) in [6.07, 6.45) is 0. The Balaban J connectivity index is 2.58. The fraction of sp³-hybridized carbons (Fsp3) is 0.364. The molecule has 2 N–H and O–H groups in total. The maximum Gasteiger partial charge on any atom is 0.331 e. The van der Waals surface area contributed by atoms with E-state index in [2.05, 4.69) is 10.1 Å². The minimum absolute atomic E-state index is 0.0985. The molecule has 7 heteroatoms. The molecule has 0 spiro atoms. The second-order valence-electron chi connectivity index (χ2n) is 4.10. The first-order valence-corrected chi connectivity index (χ1v) is 5.36. The molecule has 2 heterocycles. The normalized spacial score (nSPS) is 10.8. The summed E-state index contributed by atoms with van der Waals surface area (Å²) in [6, 6.07) is 0. The molecule has 96 valence electrons.